The van der Waals surface area contributed by atoms with Crippen LogP contribution in [0.1, 0.15) is 29.8 Å². The fraction of sp³-hybridized carbons (Fsp3) is 0.267. The second-order valence-electron chi connectivity index (χ2n) is 5.04. The molecule has 6 heteroatoms. The Balaban J connectivity index is 1.81. The van der Waals surface area contributed by atoms with E-state index in [2.05, 4.69) is 10.6 Å². The highest BCUT2D eigenvalue weighted by Crippen LogP contribution is 2.41. The zero-order valence-electron chi connectivity index (χ0n) is 11.4. The lowest BCUT2D eigenvalue weighted by molar-refractivity contribution is -0.114. The number of amides is 1. The minimum atomic E-state index is -0.443. The lowest BCUT2D eigenvalue weighted by atomic mass is 10.1. The third kappa shape index (κ3) is 3.04. The topological polar surface area (TPSA) is 41.1 Å². The van der Waals surface area contributed by atoms with Gasteiger partial charge in [0.25, 0.3) is 0 Å². The quantitative estimate of drug-likeness (QED) is 0.866. The summed E-state index contributed by atoms with van der Waals surface area (Å²) in [6, 6.07) is 6.81. The molecule has 1 heterocycles. The third-order valence-electron chi connectivity index (χ3n) is 3.47. The second-order valence-corrected chi connectivity index (χ2v) is 6.81. The highest BCUT2D eigenvalue weighted by molar-refractivity contribution is 7.16. The molecule has 1 aliphatic carbocycles. The number of aryl methyl sites for hydroxylation is 1. The molecule has 2 N–H and O–H groups in total. The van der Waals surface area contributed by atoms with Crippen molar-refractivity contribution in [2.24, 2.45) is 0 Å². The van der Waals surface area contributed by atoms with Crippen molar-refractivity contribution in [3.05, 3.63) is 44.9 Å². The van der Waals surface area contributed by atoms with Crippen LogP contribution in [0.4, 0.5) is 15.8 Å². The standard InChI is InChI=1S/C15H14ClFN2OS/c1-8(20)18-13-6-9(2-3-11(13)17)19-12-4-5-14-10(12)7-15(16)21-14/h2-3,6-7,12,19H,4-5H2,1H3,(H,18,20). The second kappa shape index (κ2) is 5.66. The molecule has 2 aromatic rings. The number of carbonyl (C=O) groups is 1. The van der Waals surface area contributed by atoms with Gasteiger partial charge in [-0.1, -0.05) is 11.6 Å². The molecule has 3 nitrogen and oxygen atoms in total. The number of hydrogen-bond acceptors (Lipinski definition) is 3. The van der Waals surface area contributed by atoms with Crippen molar-refractivity contribution >= 4 is 40.2 Å². The van der Waals surface area contributed by atoms with E-state index in [4.69, 9.17) is 11.6 Å². The van der Waals surface area contributed by atoms with Crippen LogP contribution in [0.2, 0.25) is 4.34 Å². The van der Waals surface area contributed by atoms with E-state index in [-0.39, 0.29) is 17.6 Å². The predicted octanol–water partition coefficient (Wildman–Crippen LogP) is 4.60. The maximum Gasteiger partial charge on any atom is 0.221 e. The highest BCUT2D eigenvalue weighted by atomic mass is 35.5. The van der Waals surface area contributed by atoms with Gasteiger partial charge in [-0.3, -0.25) is 4.79 Å². The lowest BCUT2D eigenvalue weighted by Crippen LogP contribution is -2.10. The number of anilines is 2. The number of carbonyl (C=O) groups excluding carboxylic acids is 1. The smallest absolute Gasteiger partial charge is 0.221 e. The van der Waals surface area contributed by atoms with Crippen LogP contribution in [-0.4, -0.2) is 5.91 Å². The van der Waals surface area contributed by atoms with Crippen LogP contribution in [0.5, 0.6) is 0 Å². The normalized spacial score (nSPS) is 16.6. The molecule has 0 aliphatic heterocycles. The molecule has 0 saturated carbocycles. The molecule has 0 fully saturated rings. The van der Waals surface area contributed by atoms with Gasteiger partial charge in [0.15, 0.2) is 0 Å². The number of halogens is 2. The van der Waals surface area contributed by atoms with Crippen LogP contribution in [0.25, 0.3) is 0 Å². The summed E-state index contributed by atoms with van der Waals surface area (Å²) in [7, 11) is 0. The van der Waals surface area contributed by atoms with Crippen LogP contribution in [0, 0.1) is 5.82 Å². The molecule has 1 aliphatic rings. The molecule has 1 aromatic carbocycles. The number of nitrogens with one attached hydrogen (secondary N) is 2. The first-order valence-electron chi connectivity index (χ1n) is 6.64. The molecule has 1 amide bonds. The van der Waals surface area contributed by atoms with Crippen molar-refractivity contribution in [3.63, 3.8) is 0 Å². The largest absolute Gasteiger partial charge is 0.378 e. The summed E-state index contributed by atoms with van der Waals surface area (Å²) < 4.78 is 14.4. The molecule has 1 aromatic heterocycles. The Kier molecular flexibility index (Phi) is 3.87. The summed E-state index contributed by atoms with van der Waals surface area (Å²) in [5.41, 5.74) is 2.18. The van der Waals surface area contributed by atoms with Gasteiger partial charge in [0.2, 0.25) is 5.91 Å². The van der Waals surface area contributed by atoms with E-state index in [9.17, 15) is 9.18 Å². The van der Waals surface area contributed by atoms with Gasteiger partial charge >= 0.3 is 0 Å². The Morgan fingerprint density at radius 1 is 1.43 bits per heavy atom. The van der Waals surface area contributed by atoms with Crippen molar-refractivity contribution in [2.75, 3.05) is 10.6 Å². The fourth-order valence-electron chi connectivity index (χ4n) is 2.58. The van der Waals surface area contributed by atoms with Crippen LogP contribution in [0.3, 0.4) is 0 Å². The van der Waals surface area contributed by atoms with Gasteiger partial charge in [-0.15, -0.1) is 11.3 Å². The molecular formula is C15H14ClFN2OS. The maximum atomic E-state index is 13.6. The molecule has 0 radical (unpaired) electrons. The SMILES string of the molecule is CC(=O)Nc1cc(NC2CCc3sc(Cl)cc32)ccc1F. The first-order valence-corrected chi connectivity index (χ1v) is 7.84. The summed E-state index contributed by atoms with van der Waals surface area (Å²) >= 11 is 7.66. The van der Waals surface area contributed by atoms with E-state index < -0.39 is 5.82 Å². The van der Waals surface area contributed by atoms with Gasteiger partial charge in [-0.05, 0) is 42.7 Å². The Morgan fingerprint density at radius 2 is 2.24 bits per heavy atom. The van der Waals surface area contributed by atoms with E-state index in [1.165, 1.54) is 23.4 Å². The van der Waals surface area contributed by atoms with Crippen LogP contribution in [-0.2, 0) is 11.2 Å². The van der Waals surface area contributed by atoms with Gasteiger partial charge in [-0.25, -0.2) is 4.39 Å². The van der Waals surface area contributed by atoms with Gasteiger partial charge < -0.3 is 10.6 Å². The average Bonchev–Trinajstić information content (AvgIpc) is 2.94. The van der Waals surface area contributed by atoms with Gasteiger partial charge in [0.05, 0.1) is 16.1 Å². The molecule has 110 valence electrons. The van der Waals surface area contributed by atoms with Gasteiger partial charge in [-0.2, -0.15) is 0 Å². The monoisotopic (exact) mass is 324 g/mol. The molecule has 21 heavy (non-hydrogen) atoms. The van der Waals surface area contributed by atoms with E-state index >= 15 is 0 Å². The van der Waals surface area contributed by atoms with Crippen molar-refractivity contribution in [2.45, 2.75) is 25.8 Å². The highest BCUT2D eigenvalue weighted by Gasteiger charge is 2.25. The first-order chi connectivity index (χ1) is 10.0. The Bertz CT molecular complexity index is 701. The van der Waals surface area contributed by atoms with E-state index in [0.717, 1.165) is 22.9 Å². The summed E-state index contributed by atoms with van der Waals surface area (Å²) in [5.74, 6) is -0.736. The Morgan fingerprint density at radius 3 is 3.00 bits per heavy atom. The number of benzene rings is 1. The zero-order valence-corrected chi connectivity index (χ0v) is 12.9. The molecule has 0 spiro atoms. The van der Waals surface area contributed by atoms with Gasteiger partial charge in [0.1, 0.15) is 5.82 Å². The molecular weight excluding hydrogens is 311 g/mol. The number of hydrogen-bond donors (Lipinski definition) is 2. The molecule has 3 rings (SSSR count). The van der Waals surface area contributed by atoms with Crippen molar-refractivity contribution in [3.8, 4) is 0 Å². The lowest BCUT2D eigenvalue weighted by Gasteiger charge is -2.16. The summed E-state index contributed by atoms with van der Waals surface area (Å²) in [6.07, 6.45) is 2.00. The molecule has 1 unspecified atom stereocenters. The summed E-state index contributed by atoms with van der Waals surface area (Å²) in [5, 5.41) is 5.87. The Labute approximate surface area is 131 Å². The predicted molar refractivity (Wildman–Crippen MR) is 84.7 cm³/mol. The van der Waals surface area contributed by atoms with Gasteiger partial charge in [0, 0.05) is 17.5 Å². The van der Waals surface area contributed by atoms with E-state index in [1.807, 2.05) is 6.07 Å². The van der Waals surface area contributed by atoms with Crippen molar-refractivity contribution in [1.29, 1.82) is 0 Å². The van der Waals surface area contributed by atoms with E-state index in [1.54, 1.807) is 23.5 Å². The van der Waals surface area contributed by atoms with Crippen molar-refractivity contribution in [1.82, 2.24) is 0 Å². The third-order valence-corrected chi connectivity index (χ3v) is 4.80. The molecule has 0 saturated heterocycles. The number of thiophene rings is 1. The van der Waals surface area contributed by atoms with Crippen LogP contribution < -0.4 is 10.6 Å². The Hall–Kier alpha value is -1.59. The minimum Gasteiger partial charge on any atom is -0.378 e. The first kappa shape index (κ1) is 14.4. The average molecular weight is 325 g/mol. The summed E-state index contributed by atoms with van der Waals surface area (Å²) in [4.78, 5) is 12.4. The molecule has 0 bridgehead atoms. The zero-order chi connectivity index (χ0) is 15.0. The maximum absolute atomic E-state index is 13.6. The van der Waals surface area contributed by atoms with Crippen LogP contribution in [0.15, 0.2) is 24.3 Å². The van der Waals surface area contributed by atoms with E-state index in [0.29, 0.717) is 0 Å². The van der Waals surface area contributed by atoms with Crippen molar-refractivity contribution < 1.29 is 9.18 Å². The number of fused-ring (bicyclic) bond motifs is 1. The fourth-order valence-corrected chi connectivity index (χ4v) is 3.94. The minimum absolute atomic E-state index is 0.180. The number of rotatable bonds is 3. The van der Waals surface area contributed by atoms with Crippen LogP contribution >= 0.6 is 22.9 Å². The summed E-state index contributed by atoms with van der Waals surface area (Å²) in [6.45, 7) is 1.36. The molecule has 1 atom stereocenters.